The summed E-state index contributed by atoms with van der Waals surface area (Å²) in [6, 6.07) is 28.2. The van der Waals surface area contributed by atoms with E-state index in [9.17, 15) is 4.79 Å². The van der Waals surface area contributed by atoms with E-state index in [2.05, 4.69) is 94.4 Å². The fourth-order valence-electron chi connectivity index (χ4n) is 3.16. The molecule has 0 aromatic heterocycles. The van der Waals surface area contributed by atoms with Crippen LogP contribution in [0.25, 0.3) is 5.73 Å². The minimum absolute atomic E-state index is 0. The number of halogens is 2. The van der Waals surface area contributed by atoms with Crippen molar-refractivity contribution in [2.24, 2.45) is 5.92 Å². The first-order valence-corrected chi connectivity index (χ1v) is 11.8. The van der Waals surface area contributed by atoms with Gasteiger partial charge in [0, 0.05) is 0 Å². The molecule has 1 aliphatic carbocycles. The Bertz CT molecular complexity index is 1050. The number of aryl methyl sites for hydroxylation is 1. The maximum atomic E-state index is 10.5. The second-order valence-electron chi connectivity index (χ2n) is 7.85. The van der Waals surface area contributed by atoms with Crippen molar-refractivity contribution in [1.29, 1.82) is 0 Å². The average molecular weight is 556 g/mol. The van der Waals surface area contributed by atoms with E-state index in [0.29, 0.717) is 11.5 Å². The second-order valence-corrected chi connectivity index (χ2v) is 9.26. The molecule has 2 radical (unpaired) electrons. The minimum Gasteiger partial charge on any atom is -1.00 e. The Morgan fingerprint density at radius 2 is 1.29 bits per heavy atom. The van der Waals surface area contributed by atoms with Crippen LogP contribution in [0, 0.1) is 18.9 Å². The first-order valence-electron chi connectivity index (χ1n) is 10.8. The Hall–Kier alpha value is -1.88. The van der Waals surface area contributed by atoms with Crippen LogP contribution in [0.3, 0.4) is 0 Å². The molecule has 35 heavy (non-hydrogen) atoms. The fourth-order valence-corrected chi connectivity index (χ4v) is 4.21. The van der Waals surface area contributed by atoms with Crippen molar-refractivity contribution in [3.8, 4) is 0 Å². The van der Waals surface area contributed by atoms with Gasteiger partial charge in [0.15, 0.2) is 0 Å². The Balaban J connectivity index is 0. The number of amides is 1. The van der Waals surface area contributed by atoms with Crippen LogP contribution in [0.15, 0.2) is 102 Å². The summed E-state index contributed by atoms with van der Waals surface area (Å²) in [4.78, 5) is 10.5. The zero-order valence-electron chi connectivity index (χ0n) is 20.8. The summed E-state index contributed by atoms with van der Waals surface area (Å²) in [5.74, 6) is -0.0614. The summed E-state index contributed by atoms with van der Waals surface area (Å²) in [5.41, 5.74) is 12.5. The topological polar surface area (TPSA) is 40.9 Å². The van der Waals surface area contributed by atoms with Crippen LogP contribution < -0.4 is 35.2 Å². The molecule has 180 valence electrons. The molecule has 3 aromatic carbocycles. The molecule has 0 fully saturated rings. The quantitative estimate of drug-likeness (QED) is 0.337. The fraction of sp³-hybridized carbons (Fsp3) is 0.207. The standard InChI is InChI=1S/C12H10Si.C9H13.C8H9NO.2ClH.Ti/c1-3-7-11(8-4-1)13-12-9-5-2-6-10-12;1-6-5-7(2)9(4)8(6)3;1-6-3-2-4-7(5-6)8(9)10;;;/h1-10H;6H,1-4H3;2-5H,1H3,(H2,9,10);2*1H;/q;-1;;;;+4/p-3. The van der Waals surface area contributed by atoms with Crippen LogP contribution >= 0.6 is 0 Å². The molecule has 1 aliphatic rings. The Labute approximate surface area is 241 Å². The van der Waals surface area contributed by atoms with Crippen molar-refractivity contribution in [2.45, 2.75) is 34.6 Å². The summed E-state index contributed by atoms with van der Waals surface area (Å²) in [5, 5.41) is 2.79. The molecule has 1 N–H and O–H groups in total. The summed E-state index contributed by atoms with van der Waals surface area (Å²) < 4.78 is 0. The van der Waals surface area contributed by atoms with Gasteiger partial charge in [0.2, 0.25) is 0 Å². The number of hydrogen-bond acceptors (Lipinski definition) is 1. The SMILES string of the molecule is CC1=[C-]C(C)C(C)=C1C.Cc1cccc(C([NH-])=O)c1.[Cl-].[Cl-].[Ti+4].c1ccc([Si]c2ccccc2)cc1. The van der Waals surface area contributed by atoms with E-state index < -0.39 is 5.91 Å². The molecule has 4 rings (SSSR count). The number of nitrogens with one attached hydrogen (secondary N) is 1. The summed E-state index contributed by atoms with van der Waals surface area (Å²) >= 11 is 0. The zero-order valence-corrected chi connectivity index (χ0v) is 24.9. The normalized spacial score (nSPS) is 13.3. The molecule has 2 nitrogen and oxygen atoms in total. The van der Waals surface area contributed by atoms with Crippen LogP contribution in [0.1, 0.15) is 43.6 Å². The van der Waals surface area contributed by atoms with E-state index in [1.807, 2.05) is 13.0 Å². The molecule has 3 aromatic rings. The van der Waals surface area contributed by atoms with Crippen molar-refractivity contribution in [3.05, 3.63) is 125 Å². The Morgan fingerprint density at radius 3 is 1.57 bits per heavy atom. The van der Waals surface area contributed by atoms with Crippen LogP contribution in [-0.2, 0) is 21.7 Å². The number of hydrogen-bond donors (Lipinski definition) is 0. The molecule has 0 aliphatic heterocycles. The first kappa shape index (κ1) is 35.3. The van der Waals surface area contributed by atoms with E-state index in [1.54, 1.807) is 18.2 Å². The zero-order chi connectivity index (χ0) is 23.5. The maximum absolute atomic E-state index is 10.5. The van der Waals surface area contributed by atoms with Gasteiger partial charge in [-0.2, -0.15) is 11.1 Å². The van der Waals surface area contributed by atoms with Crippen LogP contribution in [-0.4, -0.2) is 15.4 Å². The minimum atomic E-state index is -0.622. The molecule has 0 saturated carbocycles. The molecule has 1 amide bonds. The van der Waals surface area contributed by atoms with Gasteiger partial charge in [0.1, 0.15) is 9.52 Å². The molecule has 0 spiro atoms. The molecular formula is C29H31Cl2NOSiTi. The first-order chi connectivity index (χ1) is 15.3. The van der Waals surface area contributed by atoms with Gasteiger partial charge in [-0.3, -0.25) is 6.08 Å². The van der Waals surface area contributed by atoms with Gasteiger partial charge >= 0.3 is 21.7 Å². The summed E-state index contributed by atoms with van der Waals surface area (Å²) in [7, 11) is 0.777. The molecule has 0 heterocycles. The third-order valence-corrected chi connectivity index (χ3v) is 6.60. The smallest absolute Gasteiger partial charge is 1.00 e. The third-order valence-electron chi connectivity index (χ3n) is 5.35. The molecule has 1 unspecified atom stereocenters. The van der Waals surface area contributed by atoms with E-state index in [4.69, 9.17) is 5.73 Å². The predicted molar refractivity (Wildman–Crippen MR) is 138 cm³/mol. The number of allylic oxidation sites excluding steroid dienone is 4. The molecule has 6 heteroatoms. The van der Waals surface area contributed by atoms with Gasteiger partial charge in [0.05, 0.1) is 5.91 Å². The Kier molecular flexibility index (Phi) is 18.5. The van der Waals surface area contributed by atoms with Crippen molar-refractivity contribution in [3.63, 3.8) is 0 Å². The van der Waals surface area contributed by atoms with Gasteiger partial charge in [-0.15, -0.1) is 6.92 Å². The predicted octanol–water partition coefficient (Wildman–Crippen LogP) is 0.257. The third kappa shape index (κ3) is 12.6. The van der Waals surface area contributed by atoms with Gasteiger partial charge in [-0.05, 0) is 12.5 Å². The molecule has 1 atom stereocenters. The number of carbonyl (C=O) groups excluding carboxylic acids is 1. The van der Waals surface area contributed by atoms with E-state index in [1.165, 1.54) is 27.1 Å². The van der Waals surface area contributed by atoms with Crippen molar-refractivity contribution in [1.82, 2.24) is 0 Å². The van der Waals surface area contributed by atoms with Gasteiger partial charge in [-0.1, -0.05) is 128 Å². The summed E-state index contributed by atoms with van der Waals surface area (Å²) in [6.45, 7) is 10.6. The molecule has 0 bridgehead atoms. The van der Waals surface area contributed by atoms with Gasteiger partial charge in [0.25, 0.3) is 0 Å². The van der Waals surface area contributed by atoms with Crippen LogP contribution in [0.2, 0.25) is 0 Å². The van der Waals surface area contributed by atoms with Crippen LogP contribution in [0.4, 0.5) is 0 Å². The maximum Gasteiger partial charge on any atom is 4.00 e. The largest absolute Gasteiger partial charge is 4.00 e. The van der Waals surface area contributed by atoms with E-state index in [0.717, 1.165) is 15.1 Å². The van der Waals surface area contributed by atoms with E-state index in [-0.39, 0.29) is 46.5 Å². The van der Waals surface area contributed by atoms with Crippen molar-refractivity contribution >= 4 is 25.8 Å². The monoisotopic (exact) mass is 555 g/mol. The number of rotatable bonds is 3. The molecule has 0 saturated heterocycles. The Morgan fingerprint density at radius 1 is 0.800 bits per heavy atom. The van der Waals surface area contributed by atoms with Crippen molar-refractivity contribution < 1.29 is 51.3 Å². The van der Waals surface area contributed by atoms with Gasteiger partial charge < -0.3 is 35.3 Å². The average Bonchev–Trinajstić information content (AvgIpc) is 3.01. The van der Waals surface area contributed by atoms with Crippen LogP contribution in [0.5, 0.6) is 0 Å². The number of benzene rings is 3. The van der Waals surface area contributed by atoms with Gasteiger partial charge in [-0.25, -0.2) is 5.57 Å². The van der Waals surface area contributed by atoms with E-state index >= 15 is 0 Å². The van der Waals surface area contributed by atoms with Crippen molar-refractivity contribution in [2.75, 3.05) is 0 Å². The number of carbonyl (C=O) groups is 1. The molecular weight excluding hydrogens is 525 g/mol. The second kappa shape index (κ2) is 18.4. The summed E-state index contributed by atoms with van der Waals surface area (Å²) in [6.07, 6.45) is 3.36.